The molecule has 1 aromatic carbocycles. The van der Waals surface area contributed by atoms with Crippen molar-refractivity contribution < 1.29 is 9.90 Å². The van der Waals surface area contributed by atoms with E-state index in [1.807, 2.05) is 31.2 Å². The van der Waals surface area contributed by atoms with Gasteiger partial charge in [-0.2, -0.15) is 0 Å². The minimum atomic E-state index is -0.251. The second-order valence-corrected chi connectivity index (χ2v) is 4.49. The molecule has 4 heteroatoms. The maximum absolute atomic E-state index is 12.2. The van der Waals surface area contributed by atoms with Crippen molar-refractivity contribution in [1.82, 2.24) is 10.3 Å². The molecule has 0 bridgehead atoms. The molecule has 106 valence electrons. The summed E-state index contributed by atoms with van der Waals surface area (Å²) < 4.78 is 0. The van der Waals surface area contributed by atoms with Gasteiger partial charge in [0.15, 0.2) is 0 Å². The highest BCUT2D eigenvalue weighted by Crippen LogP contribution is 2.09. The van der Waals surface area contributed by atoms with Crippen LogP contribution >= 0.6 is 0 Å². The molecule has 0 saturated heterocycles. The number of aryl methyl sites for hydroxylation is 1. The van der Waals surface area contributed by atoms with Crippen LogP contribution in [0.5, 0.6) is 0 Å². The second-order valence-electron chi connectivity index (χ2n) is 4.49. The van der Waals surface area contributed by atoms with Crippen LogP contribution in [-0.2, 0) is 6.54 Å². The van der Waals surface area contributed by atoms with Crippen molar-refractivity contribution in [2.45, 2.75) is 13.5 Å². The molecule has 0 saturated carbocycles. The molecule has 1 heterocycles. The van der Waals surface area contributed by atoms with Crippen LogP contribution in [-0.4, -0.2) is 22.6 Å². The van der Waals surface area contributed by atoms with E-state index >= 15 is 0 Å². The quantitative estimate of drug-likeness (QED) is 0.841. The molecular weight excluding hydrogens is 264 g/mol. The van der Waals surface area contributed by atoms with Gasteiger partial charge in [-0.25, -0.2) is 0 Å². The summed E-state index contributed by atoms with van der Waals surface area (Å²) in [5.74, 6) is 5.05. The summed E-state index contributed by atoms with van der Waals surface area (Å²) >= 11 is 0. The van der Waals surface area contributed by atoms with Crippen LogP contribution in [0.4, 0.5) is 0 Å². The van der Waals surface area contributed by atoms with Gasteiger partial charge in [-0.3, -0.25) is 9.78 Å². The lowest BCUT2D eigenvalue weighted by Gasteiger charge is -2.08. The number of rotatable bonds is 3. The Labute approximate surface area is 123 Å². The summed E-state index contributed by atoms with van der Waals surface area (Å²) in [5.41, 5.74) is 3.17. The number of aliphatic hydroxyl groups is 1. The van der Waals surface area contributed by atoms with Crippen molar-refractivity contribution in [1.29, 1.82) is 0 Å². The number of amides is 1. The SMILES string of the molecule is Cc1ccccc1CNC(=O)c1ccncc1C#CCO. The lowest BCUT2D eigenvalue weighted by molar-refractivity contribution is 0.0950. The highest BCUT2D eigenvalue weighted by Gasteiger charge is 2.10. The second kappa shape index (κ2) is 7.22. The fraction of sp³-hybridized carbons (Fsp3) is 0.176. The minimum absolute atomic E-state index is 0.206. The molecule has 0 aliphatic heterocycles. The highest BCUT2D eigenvalue weighted by atomic mass is 16.2. The average Bonchev–Trinajstić information content (AvgIpc) is 2.52. The summed E-state index contributed by atoms with van der Waals surface area (Å²) in [5, 5.41) is 11.6. The van der Waals surface area contributed by atoms with Gasteiger partial charge in [0, 0.05) is 18.9 Å². The first-order valence-corrected chi connectivity index (χ1v) is 6.59. The van der Waals surface area contributed by atoms with Crippen molar-refractivity contribution >= 4 is 5.91 Å². The van der Waals surface area contributed by atoms with Crippen molar-refractivity contribution in [2.75, 3.05) is 6.61 Å². The van der Waals surface area contributed by atoms with Crippen molar-refractivity contribution in [3.63, 3.8) is 0 Å². The Kier molecular flexibility index (Phi) is 5.08. The fourth-order valence-corrected chi connectivity index (χ4v) is 1.91. The van der Waals surface area contributed by atoms with Crippen molar-refractivity contribution in [3.05, 3.63) is 65.0 Å². The predicted molar refractivity (Wildman–Crippen MR) is 80.6 cm³/mol. The largest absolute Gasteiger partial charge is 0.384 e. The van der Waals surface area contributed by atoms with E-state index < -0.39 is 0 Å². The van der Waals surface area contributed by atoms with Crippen molar-refractivity contribution in [3.8, 4) is 11.8 Å². The number of nitrogens with one attached hydrogen (secondary N) is 1. The summed E-state index contributed by atoms with van der Waals surface area (Å²) in [6.07, 6.45) is 3.07. The molecule has 0 aliphatic carbocycles. The normalized spacial score (nSPS) is 9.62. The summed E-state index contributed by atoms with van der Waals surface area (Å²) in [4.78, 5) is 16.2. The highest BCUT2D eigenvalue weighted by molar-refractivity contribution is 5.96. The molecule has 0 atom stereocenters. The van der Waals surface area contributed by atoms with E-state index in [1.54, 1.807) is 12.3 Å². The lowest BCUT2D eigenvalue weighted by atomic mass is 10.1. The molecule has 2 aromatic rings. The number of carbonyl (C=O) groups excluding carboxylic acids is 1. The molecule has 21 heavy (non-hydrogen) atoms. The number of carbonyl (C=O) groups is 1. The van der Waals surface area contributed by atoms with Gasteiger partial charge in [0.2, 0.25) is 0 Å². The van der Waals surface area contributed by atoms with Crippen LogP contribution in [0.3, 0.4) is 0 Å². The van der Waals surface area contributed by atoms with Gasteiger partial charge < -0.3 is 10.4 Å². The number of aromatic nitrogens is 1. The Balaban J connectivity index is 2.12. The first kappa shape index (κ1) is 14.8. The predicted octanol–water partition coefficient (Wildman–Crippen LogP) is 1.66. The van der Waals surface area contributed by atoms with Gasteiger partial charge in [0.25, 0.3) is 5.91 Å². The van der Waals surface area contributed by atoms with E-state index in [1.165, 1.54) is 6.20 Å². The molecule has 2 N–H and O–H groups in total. The average molecular weight is 280 g/mol. The van der Waals surface area contributed by atoms with Gasteiger partial charge in [-0.1, -0.05) is 36.1 Å². The number of pyridine rings is 1. The van der Waals surface area contributed by atoms with E-state index in [2.05, 4.69) is 22.1 Å². The van der Waals surface area contributed by atoms with Gasteiger partial charge >= 0.3 is 0 Å². The zero-order valence-corrected chi connectivity index (χ0v) is 11.8. The first-order valence-electron chi connectivity index (χ1n) is 6.59. The standard InChI is InChI=1S/C17H16N2O2/c1-13-5-2-3-6-14(13)12-19-17(21)16-8-9-18-11-15(16)7-4-10-20/h2-3,5-6,8-9,11,20H,10,12H2,1H3,(H,19,21). The summed E-state index contributed by atoms with van der Waals surface area (Å²) in [7, 11) is 0. The third-order valence-corrected chi connectivity index (χ3v) is 3.07. The molecule has 0 aliphatic rings. The maximum atomic E-state index is 12.2. The summed E-state index contributed by atoms with van der Waals surface area (Å²) in [6.45, 7) is 2.21. The minimum Gasteiger partial charge on any atom is -0.384 e. The third-order valence-electron chi connectivity index (χ3n) is 3.07. The van der Waals surface area contributed by atoms with Crippen LogP contribution in [0.15, 0.2) is 42.7 Å². The monoisotopic (exact) mass is 280 g/mol. The van der Waals surface area contributed by atoms with Crippen LogP contribution in [0.25, 0.3) is 0 Å². The van der Waals surface area contributed by atoms with E-state index in [-0.39, 0.29) is 12.5 Å². The number of hydrogen-bond donors (Lipinski definition) is 2. The lowest BCUT2D eigenvalue weighted by Crippen LogP contribution is -2.24. The van der Waals surface area contributed by atoms with Crippen LogP contribution in [0.1, 0.15) is 27.0 Å². The van der Waals surface area contributed by atoms with E-state index in [4.69, 9.17) is 5.11 Å². The smallest absolute Gasteiger partial charge is 0.252 e. The first-order chi connectivity index (χ1) is 10.2. The molecule has 1 aromatic heterocycles. The Morgan fingerprint density at radius 1 is 1.33 bits per heavy atom. The van der Waals surface area contributed by atoms with Crippen molar-refractivity contribution in [2.24, 2.45) is 0 Å². The number of benzene rings is 1. The topological polar surface area (TPSA) is 62.2 Å². The zero-order valence-electron chi connectivity index (χ0n) is 11.8. The molecule has 0 unspecified atom stereocenters. The van der Waals surface area contributed by atoms with Gasteiger partial charge in [0.1, 0.15) is 6.61 Å². The Bertz CT molecular complexity index is 699. The van der Waals surface area contributed by atoms with Crippen LogP contribution in [0, 0.1) is 18.8 Å². The van der Waals surface area contributed by atoms with Gasteiger partial charge in [-0.15, -0.1) is 0 Å². The Morgan fingerprint density at radius 2 is 2.14 bits per heavy atom. The van der Waals surface area contributed by atoms with E-state index in [0.29, 0.717) is 17.7 Å². The van der Waals surface area contributed by atoms with E-state index in [0.717, 1.165) is 11.1 Å². The number of hydrogen-bond acceptors (Lipinski definition) is 3. The molecule has 1 amide bonds. The molecule has 0 fully saturated rings. The van der Waals surface area contributed by atoms with Crippen LogP contribution in [0.2, 0.25) is 0 Å². The molecule has 0 radical (unpaired) electrons. The number of nitrogens with zero attached hydrogens (tertiary/aromatic N) is 1. The Morgan fingerprint density at radius 3 is 2.90 bits per heavy atom. The molecule has 4 nitrogen and oxygen atoms in total. The van der Waals surface area contributed by atoms with E-state index in [9.17, 15) is 4.79 Å². The fourth-order valence-electron chi connectivity index (χ4n) is 1.91. The third kappa shape index (κ3) is 3.91. The number of aliphatic hydroxyl groups excluding tert-OH is 1. The molecule has 2 rings (SSSR count). The summed E-state index contributed by atoms with van der Waals surface area (Å²) in [6, 6.07) is 9.51. The molecule has 0 spiro atoms. The van der Waals surface area contributed by atoms with Crippen LogP contribution < -0.4 is 5.32 Å². The maximum Gasteiger partial charge on any atom is 0.252 e. The zero-order chi connectivity index (χ0) is 15.1. The van der Waals surface area contributed by atoms with Gasteiger partial charge in [-0.05, 0) is 24.1 Å². The van der Waals surface area contributed by atoms with Gasteiger partial charge in [0.05, 0.1) is 11.1 Å². The molecular formula is C17H16N2O2. The Hall–Kier alpha value is -2.64.